The first kappa shape index (κ1) is 17.1. The molecule has 0 unspecified atom stereocenters. The van der Waals surface area contributed by atoms with E-state index in [1.54, 1.807) is 4.90 Å². The Kier molecular flexibility index (Phi) is 5.23. The molecule has 0 atom stereocenters. The first-order valence-electron chi connectivity index (χ1n) is 7.32. The molecular weight excluding hydrogens is 365 g/mol. The second-order valence-electron chi connectivity index (χ2n) is 5.47. The number of hydrogen-bond acceptors (Lipinski definition) is 4. The highest BCUT2D eigenvalue weighted by molar-refractivity contribution is 6.43. The molecule has 2 fully saturated rings. The zero-order valence-electron chi connectivity index (χ0n) is 12.3. The lowest BCUT2D eigenvalue weighted by atomic mass is 10.0. The van der Waals surface area contributed by atoms with E-state index < -0.39 is 5.79 Å². The van der Waals surface area contributed by atoms with Gasteiger partial charge in [-0.05, 0) is 6.07 Å². The Hall–Kier alpha value is -0.720. The highest BCUT2D eigenvalue weighted by atomic mass is 35.5. The highest BCUT2D eigenvalue weighted by Crippen LogP contribution is 2.34. The molecule has 1 aromatic carbocycles. The lowest BCUT2D eigenvalue weighted by molar-refractivity contribution is -0.187. The zero-order chi connectivity index (χ0) is 16.4. The second-order valence-corrected chi connectivity index (χ2v) is 6.70. The van der Waals surface area contributed by atoms with Crippen LogP contribution in [0.15, 0.2) is 12.1 Å². The number of benzene rings is 1. The number of amides is 1. The van der Waals surface area contributed by atoms with Crippen molar-refractivity contribution in [2.75, 3.05) is 32.9 Å². The molecule has 5 nitrogen and oxygen atoms in total. The molecule has 1 spiro atoms. The van der Waals surface area contributed by atoms with E-state index >= 15 is 0 Å². The molecule has 3 rings (SSSR count). The van der Waals surface area contributed by atoms with Crippen LogP contribution >= 0.6 is 34.8 Å². The first-order valence-corrected chi connectivity index (χ1v) is 8.45. The molecule has 0 bridgehead atoms. The summed E-state index contributed by atoms with van der Waals surface area (Å²) < 4.78 is 16.8. The van der Waals surface area contributed by atoms with Gasteiger partial charge in [0, 0.05) is 32.0 Å². The molecule has 8 heteroatoms. The maximum atomic E-state index is 12.3. The van der Waals surface area contributed by atoms with Gasteiger partial charge in [-0.1, -0.05) is 34.8 Å². The van der Waals surface area contributed by atoms with Crippen molar-refractivity contribution in [2.45, 2.75) is 18.6 Å². The summed E-state index contributed by atoms with van der Waals surface area (Å²) in [6.07, 6.45) is 1.35. The first-order chi connectivity index (χ1) is 11.0. The highest BCUT2D eigenvalue weighted by Gasteiger charge is 2.40. The average Bonchev–Trinajstić information content (AvgIpc) is 2.98. The quantitative estimate of drug-likeness (QED) is 0.754. The lowest BCUT2D eigenvalue weighted by Gasteiger charge is -2.37. The zero-order valence-corrected chi connectivity index (χ0v) is 14.6. The van der Waals surface area contributed by atoms with Crippen LogP contribution in [0.4, 0.5) is 0 Å². The number of piperidine rings is 1. The van der Waals surface area contributed by atoms with E-state index in [4.69, 9.17) is 49.0 Å². The summed E-state index contributed by atoms with van der Waals surface area (Å²) >= 11 is 17.8. The fraction of sp³-hybridized carbons (Fsp3) is 0.533. The topological polar surface area (TPSA) is 48.0 Å². The third-order valence-corrected chi connectivity index (χ3v) is 5.03. The predicted molar refractivity (Wildman–Crippen MR) is 87.4 cm³/mol. The van der Waals surface area contributed by atoms with E-state index in [1.165, 1.54) is 12.1 Å². The Bertz CT molecular complexity index is 595. The summed E-state index contributed by atoms with van der Waals surface area (Å²) in [5.74, 6) is -0.268. The van der Waals surface area contributed by atoms with Crippen molar-refractivity contribution in [1.29, 1.82) is 0 Å². The van der Waals surface area contributed by atoms with E-state index in [1.807, 2.05) is 0 Å². The summed E-state index contributed by atoms with van der Waals surface area (Å²) in [6.45, 7) is 2.29. The number of halogens is 3. The predicted octanol–water partition coefficient (Wildman–Crippen LogP) is 3.39. The summed E-state index contributed by atoms with van der Waals surface area (Å²) in [6, 6.07) is 3.00. The van der Waals surface area contributed by atoms with Crippen molar-refractivity contribution >= 4 is 40.7 Å². The van der Waals surface area contributed by atoms with Gasteiger partial charge in [0.2, 0.25) is 0 Å². The fourth-order valence-electron chi connectivity index (χ4n) is 2.73. The van der Waals surface area contributed by atoms with Gasteiger partial charge in [0.25, 0.3) is 5.91 Å². The van der Waals surface area contributed by atoms with Gasteiger partial charge in [0.05, 0.1) is 28.3 Å². The monoisotopic (exact) mass is 379 g/mol. The van der Waals surface area contributed by atoms with Crippen LogP contribution in [0.2, 0.25) is 15.1 Å². The molecule has 0 saturated carbocycles. The molecule has 1 amide bonds. The van der Waals surface area contributed by atoms with Crippen LogP contribution in [-0.2, 0) is 14.3 Å². The number of carbonyl (C=O) groups excluding carboxylic acids is 1. The van der Waals surface area contributed by atoms with E-state index in [2.05, 4.69) is 0 Å². The standard InChI is InChI=1S/C15H16Cl3NO4/c16-10-7-12(18)13(8-11(10)17)21-9-14(20)19-3-1-15(2-4-19)22-5-6-23-15/h7-8H,1-6,9H2. The summed E-state index contributed by atoms with van der Waals surface area (Å²) in [5.41, 5.74) is 0. The van der Waals surface area contributed by atoms with Crippen LogP contribution in [0.5, 0.6) is 5.75 Å². The molecule has 2 saturated heterocycles. The summed E-state index contributed by atoms with van der Waals surface area (Å²) in [4.78, 5) is 14.0. The van der Waals surface area contributed by atoms with E-state index in [0.717, 1.165) is 0 Å². The SMILES string of the molecule is O=C(COc1cc(Cl)c(Cl)cc1Cl)N1CCC2(CC1)OCCO2. The van der Waals surface area contributed by atoms with Crippen LogP contribution < -0.4 is 4.74 Å². The Morgan fingerprint density at radius 2 is 1.70 bits per heavy atom. The van der Waals surface area contributed by atoms with Crippen LogP contribution in [-0.4, -0.2) is 49.5 Å². The third-order valence-electron chi connectivity index (χ3n) is 4.02. The van der Waals surface area contributed by atoms with Gasteiger partial charge in [0.1, 0.15) is 5.75 Å². The number of hydrogen-bond donors (Lipinski definition) is 0. The van der Waals surface area contributed by atoms with Gasteiger partial charge in [-0.25, -0.2) is 0 Å². The average molecular weight is 381 g/mol. The molecule has 2 heterocycles. The van der Waals surface area contributed by atoms with Gasteiger partial charge in [0.15, 0.2) is 12.4 Å². The minimum atomic E-state index is -0.495. The molecule has 126 valence electrons. The van der Waals surface area contributed by atoms with Crippen molar-refractivity contribution in [2.24, 2.45) is 0 Å². The van der Waals surface area contributed by atoms with Crippen molar-refractivity contribution in [3.63, 3.8) is 0 Å². The molecule has 0 radical (unpaired) electrons. The normalized spacial score (nSPS) is 20.0. The minimum absolute atomic E-state index is 0.105. The minimum Gasteiger partial charge on any atom is -0.482 e. The largest absolute Gasteiger partial charge is 0.482 e. The summed E-state index contributed by atoms with van der Waals surface area (Å²) in [7, 11) is 0. The van der Waals surface area contributed by atoms with Gasteiger partial charge >= 0.3 is 0 Å². The van der Waals surface area contributed by atoms with E-state index in [0.29, 0.717) is 60.0 Å². The molecular formula is C15H16Cl3NO4. The van der Waals surface area contributed by atoms with Gasteiger partial charge in [-0.15, -0.1) is 0 Å². The van der Waals surface area contributed by atoms with Gasteiger partial charge in [-0.2, -0.15) is 0 Å². The smallest absolute Gasteiger partial charge is 0.260 e. The van der Waals surface area contributed by atoms with Crippen LogP contribution in [0, 0.1) is 0 Å². The maximum Gasteiger partial charge on any atom is 0.260 e. The fourth-order valence-corrected chi connectivity index (χ4v) is 3.32. The Morgan fingerprint density at radius 3 is 2.35 bits per heavy atom. The van der Waals surface area contributed by atoms with Crippen molar-refractivity contribution in [3.05, 3.63) is 27.2 Å². The molecule has 2 aliphatic rings. The van der Waals surface area contributed by atoms with Crippen LogP contribution in [0.1, 0.15) is 12.8 Å². The van der Waals surface area contributed by atoms with Gasteiger partial charge in [-0.3, -0.25) is 4.79 Å². The van der Waals surface area contributed by atoms with Crippen molar-refractivity contribution in [1.82, 2.24) is 4.90 Å². The number of rotatable bonds is 3. The number of likely N-dealkylation sites (tertiary alicyclic amines) is 1. The number of carbonyl (C=O) groups is 1. The third kappa shape index (κ3) is 3.86. The molecule has 0 N–H and O–H groups in total. The number of nitrogens with zero attached hydrogens (tertiary/aromatic N) is 1. The Balaban J connectivity index is 1.53. The molecule has 2 aliphatic heterocycles. The van der Waals surface area contributed by atoms with Crippen molar-refractivity contribution in [3.8, 4) is 5.75 Å². The van der Waals surface area contributed by atoms with E-state index in [9.17, 15) is 4.79 Å². The van der Waals surface area contributed by atoms with Crippen LogP contribution in [0.3, 0.4) is 0 Å². The van der Waals surface area contributed by atoms with Crippen LogP contribution in [0.25, 0.3) is 0 Å². The number of ether oxygens (including phenoxy) is 3. The van der Waals surface area contributed by atoms with Crippen molar-refractivity contribution < 1.29 is 19.0 Å². The van der Waals surface area contributed by atoms with E-state index in [-0.39, 0.29) is 12.5 Å². The second kappa shape index (κ2) is 7.03. The molecule has 0 aliphatic carbocycles. The summed E-state index contributed by atoms with van der Waals surface area (Å²) in [5, 5.41) is 0.986. The maximum absolute atomic E-state index is 12.3. The lowest BCUT2D eigenvalue weighted by Crippen LogP contribution is -2.48. The molecule has 0 aromatic heterocycles. The van der Waals surface area contributed by atoms with Gasteiger partial charge < -0.3 is 19.1 Å². The molecule has 23 heavy (non-hydrogen) atoms. The Morgan fingerprint density at radius 1 is 1.09 bits per heavy atom. The Labute approximate surface area is 149 Å². The molecule has 1 aromatic rings.